The van der Waals surface area contributed by atoms with Crippen LogP contribution >= 0.6 is 0 Å². The Morgan fingerprint density at radius 2 is 1.59 bits per heavy atom. The number of carbonyl (C=O) groups excluding carboxylic acids is 4. The molecule has 0 unspecified atom stereocenters. The summed E-state index contributed by atoms with van der Waals surface area (Å²) >= 11 is 0. The molecule has 0 radical (unpaired) electrons. The summed E-state index contributed by atoms with van der Waals surface area (Å²) in [5.74, 6) is -2.47. The molecule has 2 aliphatic rings. The van der Waals surface area contributed by atoms with Gasteiger partial charge in [-0.2, -0.15) is 0 Å². The van der Waals surface area contributed by atoms with E-state index in [1.54, 1.807) is 24.3 Å². The number of para-hydroxylation sites is 1. The third kappa shape index (κ3) is 3.86. The van der Waals surface area contributed by atoms with E-state index in [0.29, 0.717) is 18.5 Å². The fourth-order valence-corrected chi connectivity index (χ4v) is 3.77. The number of ether oxygens (including phenoxy) is 1. The van der Waals surface area contributed by atoms with Crippen molar-refractivity contribution in [3.8, 4) is 0 Å². The van der Waals surface area contributed by atoms with Crippen LogP contribution in [0.3, 0.4) is 0 Å². The van der Waals surface area contributed by atoms with Gasteiger partial charge in [0.25, 0.3) is 5.91 Å². The second kappa shape index (κ2) is 7.90. The molecule has 1 N–H and O–H groups in total. The molecule has 7 nitrogen and oxygen atoms in total. The van der Waals surface area contributed by atoms with E-state index in [9.17, 15) is 19.2 Å². The highest BCUT2D eigenvalue weighted by molar-refractivity contribution is 6.08. The van der Waals surface area contributed by atoms with Crippen LogP contribution in [-0.4, -0.2) is 40.7 Å². The van der Waals surface area contributed by atoms with Crippen molar-refractivity contribution in [3.05, 3.63) is 30.3 Å². The molecule has 7 heteroatoms. The zero-order valence-electron chi connectivity index (χ0n) is 15.5. The van der Waals surface area contributed by atoms with E-state index in [4.69, 9.17) is 4.74 Å². The van der Waals surface area contributed by atoms with E-state index in [1.807, 2.05) is 6.07 Å². The van der Waals surface area contributed by atoms with Crippen molar-refractivity contribution in [3.63, 3.8) is 0 Å². The SMILES string of the molecule is C[C@@H](OC(=O)[C@H](C)N1C(=O)[C@H]2CCCC[C@@H]2C1=O)C(=O)Nc1ccccc1. The van der Waals surface area contributed by atoms with Gasteiger partial charge >= 0.3 is 5.97 Å². The molecular formula is C20H24N2O5. The standard InChI is InChI=1S/C20H24N2O5/c1-12(22-18(24)15-10-6-7-11-16(15)19(22)25)20(26)27-13(2)17(23)21-14-8-4-3-5-9-14/h3-5,8-9,12-13,15-16H,6-7,10-11H2,1-2H3,(H,21,23)/t12-,13+,15-,16-/m0/s1. The number of amides is 3. The summed E-state index contributed by atoms with van der Waals surface area (Å²) in [6, 6.07) is 7.78. The number of fused-ring (bicyclic) bond motifs is 1. The second-order valence-electron chi connectivity index (χ2n) is 7.15. The molecule has 0 bridgehead atoms. The van der Waals surface area contributed by atoms with Crippen LogP contribution in [0, 0.1) is 11.8 Å². The van der Waals surface area contributed by atoms with E-state index >= 15 is 0 Å². The molecule has 1 saturated heterocycles. The fraction of sp³-hybridized carbons (Fsp3) is 0.500. The van der Waals surface area contributed by atoms with Crippen molar-refractivity contribution in [2.75, 3.05) is 5.32 Å². The molecule has 1 aromatic rings. The minimum atomic E-state index is -1.05. The molecule has 3 amide bonds. The number of rotatable bonds is 5. The maximum atomic E-state index is 12.6. The van der Waals surface area contributed by atoms with Crippen LogP contribution in [0.2, 0.25) is 0 Å². The lowest BCUT2D eigenvalue weighted by Crippen LogP contribution is -2.46. The van der Waals surface area contributed by atoms with Crippen molar-refractivity contribution in [2.45, 2.75) is 51.7 Å². The first-order valence-electron chi connectivity index (χ1n) is 9.33. The normalized spacial score (nSPS) is 24.1. The lowest BCUT2D eigenvalue weighted by molar-refractivity contribution is -0.163. The van der Waals surface area contributed by atoms with Crippen LogP contribution in [0.4, 0.5) is 5.69 Å². The Hall–Kier alpha value is -2.70. The third-order valence-corrected chi connectivity index (χ3v) is 5.31. The van der Waals surface area contributed by atoms with Gasteiger partial charge in [0.1, 0.15) is 6.04 Å². The van der Waals surface area contributed by atoms with Crippen LogP contribution < -0.4 is 5.32 Å². The number of hydrogen-bond acceptors (Lipinski definition) is 5. The zero-order valence-corrected chi connectivity index (χ0v) is 15.5. The average molecular weight is 372 g/mol. The summed E-state index contributed by atoms with van der Waals surface area (Å²) in [5.41, 5.74) is 0.590. The summed E-state index contributed by atoms with van der Waals surface area (Å²) in [7, 11) is 0. The number of anilines is 1. The lowest BCUT2D eigenvalue weighted by Gasteiger charge is -2.23. The number of esters is 1. The van der Waals surface area contributed by atoms with Gasteiger partial charge in [0.15, 0.2) is 6.10 Å². The van der Waals surface area contributed by atoms with Crippen LogP contribution in [0.15, 0.2) is 30.3 Å². The number of hydrogen-bond donors (Lipinski definition) is 1. The van der Waals surface area contributed by atoms with Gasteiger partial charge in [-0.05, 0) is 38.8 Å². The van der Waals surface area contributed by atoms with Gasteiger partial charge in [-0.15, -0.1) is 0 Å². The Balaban J connectivity index is 1.61. The van der Waals surface area contributed by atoms with Crippen molar-refractivity contribution in [1.29, 1.82) is 0 Å². The molecular weight excluding hydrogens is 348 g/mol. The molecule has 0 aromatic heterocycles. The van der Waals surface area contributed by atoms with E-state index in [1.165, 1.54) is 13.8 Å². The largest absolute Gasteiger partial charge is 0.451 e. The maximum Gasteiger partial charge on any atom is 0.329 e. The molecule has 27 heavy (non-hydrogen) atoms. The monoisotopic (exact) mass is 372 g/mol. The predicted octanol–water partition coefficient (Wildman–Crippen LogP) is 2.12. The van der Waals surface area contributed by atoms with Gasteiger partial charge in [-0.1, -0.05) is 31.0 Å². The molecule has 1 saturated carbocycles. The molecule has 3 rings (SSSR count). The summed E-state index contributed by atoms with van der Waals surface area (Å²) in [6.45, 7) is 2.92. The Kier molecular flexibility index (Phi) is 5.58. The molecule has 1 aromatic carbocycles. The predicted molar refractivity (Wildman–Crippen MR) is 97.4 cm³/mol. The van der Waals surface area contributed by atoms with Gasteiger partial charge in [0, 0.05) is 5.69 Å². The quantitative estimate of drug-likeness (QED) is 0.631. The Morgan fingerprint density at radius 3 is 2.15 bits per heavy atom. The zero-order chi connectivity index (χ0) is 19.6. The van der Waals surface area contributed by atoms with Gasteiger partial charge < -0.3 is 10.1 Å². The average Bonchev–Trinajstić information content (AvgIpc) is 2.93. The summed E-state index contributed by atoms with van der Waals surface area (Å²) < 4.78 is 5.21. The number of nitrogens with zero attached hydrogens (tertiary/aromatic N) is 1. The maximum absolute atomic E-state index is 12.6. The smallest absolute Gasteiger partial charge is 0.329 e. The molecule has 2 fully saturated rings. The summed E-state index contributed by atoms with van der Waals surface area (Å²) in [6.07, 6.45) is 2.16. The van der Waals surface area contributed by atoms with Gasteiger partial charge in [-0.3, -0.25) is 19.3 Å². The highest BCUT2D eigenvalue weighted by Crippen LogP contribution is 2.38. The van der Waals surface area contributed by atoms with Crippen molar-refractivity contribution < 1.29 is 23.9 Å². The molecule has 1 aliphatic heterocycles. The summed E-state index contributed by atoms with van der Waals surface area (Å²) in [5, 5.41) is 2.65. The van der Waals surface area contributed by atoms with Crippen LogP contribution in [-0.2, 0) is 23.9 Å². The first-order valence-corrected chi connectivity index (χ1v) is 9.33. The molecule has 144 valence electrons. The Bertz CT molecular complexity index is 724. The molecule has 0 spiro atoms. The highest BCUT2D eigenvalue weighted by atomic mass is 16.5. The number of benzene rings is 1. The molecule has 1 heterocycles. The van der Waals surface area contributed by atoms with Crippen LogP contribution in [0.5, 0.6) is 0 Å². The van der Waals surface area contributed by atoms with E-state index < -0.39 is 24.0 Å². The Labute approximate surface area is 158 Å². The van der Waals surface area contributed by atoms with Crippen molar-refractivity contribution >= 4 is 29.4 Å². The minimum Gasteiger partial charge on any atom is -0.451 e. The van der Waals surface area contributed by atoms with E-state index in [-0.39, 0.29) is 23.7 Å². The number of nitrogens with one attached hydrogen (secondary N) is 1. The topological polar surface area (TPSA) is 92.8 Å². The minimum absolute atomic E-state index is 0.296. The lowest BCUT2D eigenvalue weighted by atomic mass is 9.81. The third-order valence-electron chi connectivity index (χ3n) is 5.31. The molecule has 4 atom stereocenters. The van der Waals surface area contributed by atoms with Crippen molar-refractivity contribution in [2.24, 2.45) is 11.8 Å². The van der Waals surface area contributed by atoms with E-state index in [0.717, 1.165) is 17.7 Å². The summed E-state index contributed by atoms with van der Waals surface area (Å²) in [4.78, 5) is 50.8. The van der Waals surface area contributed by atoms with Crippen molar-refractivity contribution in [1.82, 2.24) is 4.90 Å². The van der Waals surface area contributed by atoms with Gasteiger partial charge in [0.05, 0.1) is 11.8 Å². The fourth-order valence-electron chi connectivity index (χ4n) is 3.77. The molecule has 1 aliphatic carbocycles. The van der Waals surface area contributed by atoms with E-state index in [2.05, 4.69) is 5.32 Å². The first-order chi connectivity index (χ1) is 12.9. The van der Waals surface area contributed by atoms with Gasteiger partial charge in [-0.25, -0.2) is 4.79 Å². The Morgan fingerprint density at radius 1 is 1.04 bits per heavy atom. The second-order valence-corrected chi connectivity index (χ2v) is 7.15. The number of imide groups is 1. The highest BCUT2D eigenvalue weighted by Gasteiger charge is 2.51. The first kappa shape index (κ1) is 19.1. The number of likely N-dealkylation sites (tertiary alicyclic amines) is 1. The van der Waals surface area contributed by atoms with Gasteiger partial charge in [0.2, 0.25) is 11.8 Å². The van der Waals surface area contributed by atoms with Crippen LogP contribution in [0.25, 0.3) is 0 Å². The number of carbonyl (C=O) groups is 4. The van der Waals surface area contributed by atoms with Crippen LogP contribution in [0.1, 0.15) is 39.5 Å².